The minimum absolute atomic E-state index is 0.0183. The first-order chi connectivity index (χ1) is 12.3. The topological polar surface area (TPSA) is 92.6 Å². The fraction of sp³-hybridized carbons (Fsp3) is 0.684. The summed E-state index contributed by atoms with van der Waals surface area (Å²) in [6.07, 6.45) is 3.45. The lowest BCUT2D eigenvalue weighted by atomic mass is 9.81. The van der Waals surface area contributed by atoms with Crippen molar-refractivity contribution in [3.63, 3.8) is 0 Å². The number of piperidine rings is 1. The monoisotopic (exact) mass is 397 g/mol. The van der Waals surface area contributed by atoms with Gasteiger partial charge >= 0.3 is 0 Å². The average Bonchev–Trinajstić information content (AvgIpc) is 2.53. The molecule has 0 radical (unpaired) electrons. The largest absolute Gasteiger partial charge is 0.375 e. The first kappa shape index (κ1) is 21.6. The van der Waals surface area contributed by atoms with Crippen LogP contribution in [0.2, 0.25) is 0 Å². The molecule has 0 spiro atoms. The number of nitrogens with zero attached hydrogens (tertiary/aromatic N) is 2. The highest BCUT2D eigenvalue weighted by atomic mass is 32.2. The summed E-state index contributed by atoms with van der Waals surface area (Å²) in [6, 6.07) is 4.16. The predicted molar refractivity (Wildman–Crippen MR) is 107 cm³/mol. The Morgan fingerprint density at radius 3 is 2.22 bits per heavy atom. The van der Waals surface area contributed by atoms with Crippen molar-refractivity contribution >= 4 is 21.4 Å². The van der Waals surface area contributed by atoms with Crippen molar-refractivity contribution in [3.05, 3.63) is 28.3 Å². The summed E-state index contributed by atoms with van der Waals surface area (Å²) in [4.78, 5) is 11.1. The summed E-state index contributed by atoms with van der Waals surface area (Å²) in [5.74, 6) is 0. The van der Waals surface area contributed by atoms with Crippen LogP contribution in [0.5, 0.6) is 0 Å². The lowest BCUT2D eigenvalue weighted by Gasteiger charge is -2.34. The smallest absolute Gasteiger partial charge is 0.293 e. The Kier molecular flexibility index (Phi) is 6.21. The van der Waals surface area contributed by atoms with Gasteiger partial charge in [-0.25, -0.2) is 8.42 Å². The van der Waals surface area contributed by atoms with Crippen LogP contribution in [0.1, 0.15) is 60.3 Å². The van der Waals surface area contributed by atoms with E-state index in [1.165, 1.54) is 22.5 Å². The number of nitrogens with one attached hydrogen (secondary N) is 1. The van der Waals surface area contributed by atoms with Crippen molar-refractivity contribution in [1.29, 1.82) is 0 Å². The molecule has 1 aromatic rings. The zero-order chi connectivity index (χ0) is 20.5. The standard InChI is InChI=1S/C19H31N3O4S/c1-18(2,3)14-19(4,5)20-16-10-9-15(13-17(16)22(23)24)27(25,26)21-11-7-6-8-12-21/h9-10,13,20H,6-8,11-12,14H2,1-5H3. The Morgan fingerprint density at radius 2 is 1.70 bits per heavy atom. The lowest BCUT2D eigenvalue weighted by molar-refractivity contribution is -0.384. The molecule has 152 valence electrons. The van der Waals surface area contributed by atoms with Crippen LogP contribution in [-0.2, 0) is 10.0 Å². The van der Waals surface area contributed by atoms with Crippen LogP contribution in [0.25, 0.3) is 0 Å². The maximum absolute atomic E-state index is 12.8. The zero-order valence-electron chi connectivity index (χ0n) is 16.9. The molecule has 27 heavy (non-hydrogen) atoms. The summed E-state index contributed by atoms with van der Waals surface area (Å²) in [6.45, 7) is 11.2. The lowest BCUT2D eigenvalue weighted by Crippen LogP contribution is -2.36. The third kappa shape index (κ3) is 5.65. The number of hydrogen-bond donors (Lipinski definition) is 1. The average molecular weight is 398 g/mol. The van der Waals surface area contributed by atoms with E-state index in [2.05, 4.69) is 26.1 Å². The molecule has 2 rings (SSSR count). The van der Waals surface area contributed by atoms with Gasteiger partial charge in [0.25, 0.3) is 5.69 Å². The van der Waals surface area contributed by atoms with Gasteiger partial charge in [-0.15, -0.1) is 0 Å². The fourth-order valence-electron chi connectivity index (χ4n) is 3.92. The van der Waals surface area contributed by atoms with Crippen LogP contribution in [-0.4, -0.2) is 36.3 Å². The molecule has 1 N–H and O–H groups in total. The van der Waals surface area contributed by atoms with Crippen LogP contribution >= 0.6 is 0 Å². The second-order valence-electron chi connectivity index (χ2n) is 9.15. The molecule has 1 saturated heterocycles. The first-order valence-electron chi connectivity index (χ1n) is 9.39. The molecule has 1 aliphatic heterocycles. The van der Waals surface area contributed by atoms with E-state index in [-0.39, 0.29) is 21.5 Å². The van der Waals surface area contributed by atoms with Crippen LogP contribution in [0.15, 0.2) is 23.1 Å². The van der Waals surface area contributed by atoms with Gasteiger partial charge in [0.2, 0.25) is 10.0 Å². The summed E-state index contributed by atoms with van der Waals surface area (Å²) in [7, 11) is -3.71. The van der Waals surface area contributed by atoms with Gasteiger partial charge in [0.15, 0.2) is 0 Å². The molecule has 0 atom stereocenters. The molecule has 0 unspecified atom stereocenters. The number of rotatable bonds is 6. The molecule has 8 heteroatoms. The van der Waals surface area contributed by atoms with E-state index in [1.807, 2.05) is 13.8 Å². The van der Waals surface area contributed by atoms with Crippen molar-refractivity contribution < 1.29 is 13.3 Å². The minimum Gasteiger partial charge on any atom is -0.375 e. The molecular formula is C19H31N3O4S. The summed E-state index contributed by atoms with van der Waals surface area (Å²) in [5.41, 5.74) is -0.207. The van der Waals surface area contributed by atoms with Gasteiger partial charge in [-0.3, -0.25) is 10.1 Å². The van der Waals surface area contributed by atoms with E-state index in [0.29, 0.717) is 18.8 Å². The molecular weight excluding hydrogens is 366 g/mol. The van der Waals surface area contributed by atoms with E-state index in [9.17, 15) is 18.5 Å². The Hall–Kier alpha value is -1.67. The van der Waals surface area contributed by atoms with Crippen molar-refractivity contribution in [2.45, 2.75) is 70.7 Å². The maximum Gasteiger partial charge on any atom is 0.293 e. The van der Waals surface area contributed by atoms with Gasteiger partial charge in [0.05, 0.1) is 9.82 Å². The second kappa shape index (κ2) is 7.75. The van der Waals surface area contributed by atoms with E-state index in [4.69, 9.17) is 0 Å². The van der Waals surface area contributed by atoms with E-state index in [0.717, 1.165) is 25.7 Å². The van der Waals surface area contributed by atoms with Gasteiger partial charge < -0.3 is 5.32 Å². The number of anilines is 1. The Bertz CT molecular complexity index is 792. The molecule has 0 bridgehead atoms. The second-order valence-corrected chi connectivity index (χ2v) is 11.1. The molecule has 0 saturated carbocycles. The van der Waals surface area contributed by atoms with E-state index < -0.39 is 14.9 Å². The van der Waals surface area contributed by atoms with E-state index >= 15 is 0 Å². The third-order valence-corrected chi connectivity index (χ3v) is 6.46. The van der Waals surface area contributed by atoms with Crippen LogP contribution in [0.3, 0.4) is 0 Å². The summed E-state index contributed by atoms with van der Waals surface area (Å²) in [5, 5.41) is 14.8. The molecule has 0 aliphatic carbocycles. The fourth-order valence-corrected chi connectivity index (χ4v) is 5.46. The number of hydrogen-bond acceptors (Lipinski definition) is 5. The van der Waals surface area contributed by atoms with Crippen LogP contribution < -0.4 is 5.32 Å². The van der Waals surface area contributed by atoms with Crippen LogP contribution in [0.4, 0.5) is 11.4 Å². The normalized spacial score (nSPS) is 16.9. The third-order valence-electron chi connectivity index (χ3n) is 4.56. The SMILES string of the molecule is CC(C)(C)CC(C)(C)Nc1ccc(S(=O)(=O)N2CCCCC2)cc1[N+](=O)[O-]. The van der Waals surface area contributed by atoms with Gasteiger partial charge in [-0.05, 0) is 50.7 Å². The summed E-state index contributed by atoms with van der Waals surface area (Å²) >= 11 is 0. The van der Waals surface area contributed by atoms with Crippen molar-refractivity contribution in [1.82, 2.24) is 4.31 Å². The molecule has 0 amide bonds. The highest BCUT2D eigenvalue weighted by Crippen LogP contribution is 2.35. The zero-order valence-corrected chi connectivity index (χ0v) is 17.7. The van der Waals surface area contributed by atoms with Gasteiger partial charge in [-0.2, -0.15) is 4.31 Å². The summed E-state index contributed by atoms with van der Waals surface area (Å²) < 4.78 is 27.1. The highest BCUT2D eigenvalue weighted by Gasteiger charge is 2.31. The minimum atomic E-state index is -3.71. The van der Waals surface area contributed by atoms with Crippen molar-refractivity contribution in [2.24, 2.45) is 5.41 Å². The number of nitro groups is 1. The van der Waals surface area contributed by atoms with E-state index in [1.54, 1.807) is 0 Å². The van der Waals surface area contributed by atoms with Gasteiger partial charge in [0, 0.05) is 24.7 Å². The number of benzene rings is 1. The Balaban J connectivity index is 2.35. The predicted octanol–water partition coefficient (Wildman–Crippen LogP) is 4.40. The van der Waals surface area contributed by atoms with Gasteiger partial charge in [-0.1, -0.05) is 27.2 Å². The van der Waals surface area contributed by atoms with Crippen LogP contribution in [0, 0.1) is 15.5 Å². The molecule has 0 aromatic heterocycles. The van der Waals surface area contributed by atoms with Crippen molar-refractivity contribution in [3.8, 4) is 0 Å². The van der Waals surface area contributed by atoms with Crippen molar-refractivity contribution in [2.75, 3.05) is 18.4 Å². The molecule has 7 nitrogen and oxygen atoms in total. The maximum atomic E-state index is 12.8. The Labute approximate surface area is 162 Å². The van der Waals surface area contributed by atoms with Gasteiger partial charge in [0.1, 0.15) is 5.69 Å². The molecule has 1 heterocycles. The number of nitro benzene ring substituents is 1. The molecule has 1 fully saturated rings. The quantitative estimate of drug-likeness (QED) is 0.567. The molecule has 1 aromatic carbocycles. The highest BCUT2D eigenvalue weighted by molar-refractivity contribution is 7.89. The first-order valence-corrected chi connectivity index (χ1v) is 10.8. The number of sulfonamides is 1. The Morgan fingerprint density at radius 1 is 1.11 bits per heavy atom. The molecule has 1 aliphatic rings.